The van der Waals surface area contributed by atoms with Crippen LogP contribution in [-0.4, -0.2) is 55.8 Å². The molecular weight excluding hydrogens is 304 g/mol. The summed E-state index contributed by atoms with van der Waals surface area (Å²) >= 11 is 0. The van der Waals surface area contributed by atoms with Gasteiger partial charge in [0.15, 0.2) is 9.84 Å². The Morgan fingerprint density at radius 3 is 2.77 bits per heavy atom. The fourth-order valence-corrected chi connectivity index (χ4v) is 5.48. The minimum absolute atomic E-state index is 0.0150. The third-order valence-electron chi connectivity index (χ3n) is 4.94. The molecule has 2 fully saturated rings. The van der Waals surface area contributed by atoms with Gasteiger partial charge in [0.25, 0.3) is 5.91 Å². The highest BCUT2D eigenvalue weighted by Gasteiger charge is 2.38. The van der Waals surface area contributed by atoms with Crippen LogP contribution in [0.3, 0.4) is 0 Å². The summed E-state index contributed by atoms with van der Waals surface area (Å²) in [5, 5.41) is 2.77. The van der Waals surface area contributed by atoms with Gasteiger partial charge in [-0.2, -0.15) is 0 Å². The van der Waals surface area contributed by atoms with E-state index in [-0.39, 0.29) is 41.8 Å². The number of amides is 2. The summed E-state index contributed by atoms with van der Waals surface area (Å²) in [7, 11) is -1.21. The summed E-state index contributed by atoms with van der Waals surface area (Å²) in [6.45, 7) is 0. The van der Waals surface area contributed by atoms with Crippen LogP contribution in [0.5, 0.6) is 0 Å². The summed E-state index contributed by atoms with van der Waals surface area (Å²) in [5.74, 6) is -0.134. The molecule has 1 saturated heterocycles. The number of hydrogen-bond acceptors (Lipinski definition) is 4. The summed E-state index contributed by atoms with van der Waals surface area (Å²) in [6.07, 6.45) is 4.59. The summed E-state index contributed by atoms with van der Waals surface area (Å²) in [5.41, 5.74) is 1.75. The van der Waals surface area contributed by atoms with Gasteiger partial charge in [-0.1, -0.05) is 6.42 Å². The highest BCUT2D eigenvalue weighted by molar-refractivity contribution is 7.91. The first-order valence-electron chi connectivity index (χ1n) is 7.86. The molecule has 3 rings (SSSR count). The fraction of sp³-hybridized carbons (Fsp3) is 0.733. The summed E-state index contributed by atoms with van der Waals surface area (Å²) in [4.78, 5) is 26.3. The van der Waals surface area contributed by atoms with Crippen molar-refractivity contribution in [2.24, 2.45) is 0 Å². The van der Waals surface area contributed by atoms with Gasteiger partial charge in [0, 0.05) is 18.7 Å². The van der Waals surface area contributed by atoms with Gasteiger partial charge in [0.05, 0.1) is 24.0 Å². The van der Waals surface area contributed by atoms with Gasteiger partial charge in [-0.3, -0.25) is 9.59 Å². The predicted molar refractivity (Wildman–Crippen MR) is 81.9 cm³/mol. The van der Waals surface area contributed by atoms with E-state index in [9.17, 15) is 18.0 Å². The molecule has 0 aromatic carbocycles. The third-order valence-corrected chi connectivity index (χ3v) is 6.71. The van der Waals surface area contributed by atoms with Gasteiger partial charge in [0.1, 0.15) is 0 Å². The van der Waals surface area contributed by atoms with Crippen molar-refractivity contribution in [1.82, 2.24) is 10.2 Å². The summed E-state index contributed by atoms with van der Waals surface area (Å²) in [6, 6.07) is -0.143. The molecule has 2 atom stereocenters. The van der Waals surface area contributed by atoms with Crippen molar-refractivity contribution >= 4 is 21.7 Å². The Kier molecular flexibility index (Phi) is 4.01. The molecule has 2 amide bonds. The molecule has 3 aliphatic rings. The zero-order valence-electron chi connectivity index (χ0n) is 12.8. The highest BCUT2D eigenvalue weighted by Crippen LogP contribution is 2.36. The van der Waals surface area contributed by atoms with Crippen LogP contribution in [0.25, 0.3) is 0 Å². The van der Waals surface area contributed by atoms with Crippen LogP contribution in [0.2, 0.25) is 0 Å². The Bertz CT molecular complexity index is 638. The number of rotatable bonds is 3. The maximum absolute atomic E-state index is 12.3. The van der Waals surface area contributed by atoms with Crippen molar-refractivity contribution in [3.05, 3.63) is 11.1 Å². The molecule has 2 unspecified atom stereocenters. The van der Waals surface area contributed by atoms with E-state index in [2.05, 4.69) is 5.32 Å². The molecule has 0 spiro atoms. The lowest BCUT2D eigenvalue weighted by Crippen LogP contribution is -2.36. The van der Waals surface area contributed by atoms with E-state index in [4.69, 9.17) is 0 Å². The average Bonchev–Trinajstić information content (AvgIpc) is 2.92. The van der Waals surface area contributed by atoms with Gasteiger partial charge < -0.3 is 10.2 Å². The van der Waals surface area contributed by atoms with E-state index < -0.39 is 9.84 Å². The number of nitrogens with zero attached hydrogens (tertiary/aromatic N) is 1. The lowest BCUT2D eigenvalue weighted by Gasteiger charge is -2.26. The van der Waals surface area contributed by atoms with Crippen LogP contribution >= 0.6 is 0 Å². The molecule has 0 aromatic rings. The van der Waals surface area contributed by atoms with Crippen LogP contribution in [0.4, 0.5) is 0 Å². The van der Waals surface area contributed by atoms with Crippen molar-refractivity contribution in [3.8, 4) is 0 Å². The number of likely N-dealkylation sites (N-methyl/N-ethyl adjacent to an activating group) is 1. The second-order valence-electron chi connectivity index (χ2n) is 6.53. The van der Waals surface area contributed by atoms with Gasteiger partial charge in [0.2, 0.25) is 5.91 Å². The molecular formula is C15H22N2O4S. The maximum Gasteiger partial charge on any atom is 0.250 e. The minimum Gasteiger partial charge on any atom is -0.352 e. The predicted octanol–water partition coefficient (Wildman–Crippen LogP) is 0.391. The Hall–Kier alpha value is -1.37. The maximum atomic E-state index is 12.3. The molecule has 0 aromatic heterocycles. The second-order valence-corrected chi connectivity index (χ2v) is 8.75. The number of carbonyl (C=O) groups is 2. The van der Waals surface area contributed by atoms with Crippen molar-refractivity contribution in [3.63, 3.8) is 0 Å². The molecule has 2 aliphatic heterocycles. The molecule has 0 radical (unpaired) electrons. The first-order valence-corrected chi connectivity index (χ1v) is 9.68. The van der Waals surface area contributed by atoms with E-state index in [1.807, 2.05) is 0 Å². The lowest BCUT2D eigenvalue weighted by molar-refractivity contribution is -0.128. The van der Waals surface area contributed by atoms with Crippen molar-refractivity contribution < 1.29 is 18.0 Å². The van der Waals surface area contributed by atoms with Crippen molar-refractivity contribution in [1.29, 1.82) is 0 Å². The first kappa shape index (κ1) is 15.5. The number of fused-ring (bicyclic) bond motifs is 1. The SMILES string of the molecule is CN1C(=O)C(CC(=O)NC2CCS(=O)(=O)C2)=C2CCCCC21. The van der Waals surface area contributed by atoms with E-state index in [1.165, 1.54) is 0 Å². The van der Waals surface area contributed by atoms with Crippen LogP contribution < -0.4 is 5.32 Å². The van der Waals surface area contributed by atoms with Crippen LogP contribution in [0.1, 0.15) is 38.5 Å². The zero-order chi connectivity index (χ0) is 15.9. The van der Waals surface area contributed by atoms with Crippen LogP contribution in [-0.2, 0) is 19.4 Å². The number of nitrogens with one attached hydrogen (secondary N) is 1. The quantitative estimate of drug-likeness (QED) is 0.813. The monoisotopic (exact) mass is 326 g/mol. The smallest absolute Gasteiger partial charge is 0.250 e. The number of hydrogen-bond donors (Lipinski definition) is 1. The normalized spacial score (nSPS) is 30.6. The zero-order valence-corrected chi connectivity index (χ0v) is 13.6. The molecule has 22 heavy (non-hydrogen) atoms. The molecule has 2 heterocycles. The summed E-state index contributed by atoms with van der Waals surface area (Å²) < 4.78 is 22.9. The molecule has 7 heteroatoms. The molecule has 1 N–H and O–H groups in total. The van der Waals surface area contributed by atoms with E-state index in [0.29, 0.717) is 12.0 Å². The van der Waals surface area contributed by atoms with E-state index in [0.717, 1.165) is 31.3 Å². The fourth-order valence-electron chi connectivity index (χ4n) is 3.80. The van der Waals surface area contributed by atoms with Crippen molar-refractivity contribution in [2.45, 2.75) is 50.6 Å². The van der Waals surface area contributed by atoms with Crippen molar-refractivity contribution in [2.75, 3.05) is 18.6 Å². The van der Waals surface area contributed by atoms with E-state index in [1.54, 1.807) is 11.9 Å². The van der Waals surface area contributed by atoms with Gasteiger partial charge in [-0.15, -0.1) is 0 Å². The Balaban J connectivity index is 1.67. The van der Waals surface area contributed by atoms with Crippen LogP contribution in [0.15, 0.2) is 11.1 Å². The first-order chi connectivity index (χ1) is 10.4. The molecule has 1 aliphatic carbocycles. The Morgan fingerprint density at radius 2 is 2.09 bits per heavy atom. The minimum atomic E-state index is -3.01. The largest absolute Gasteiger partial charge is 0.352 e. The highest BCUT2D eigenvalue weighted by atomic mass is 32.2. The van der Waals surface area contributed by atoms with Gasteiger partial charge in [-0.05, 0) is 31.3 Å². The van der Waals surface area contributed by atoms with Crippen LogP contribution in [0, 0.1) is 0 Å². The van der Waals surface area contributed by atoms with Gasteiger partial charge >= 0.3 is 0 Å². The topological polar surface area (TPSA) is 83.6 Å². The Morgan fingerprint density at radius 1 is 1.32 bits per heavy atom. The Labute approximate surface area is 130 Å². The third kappa shape index (κ3) is 2.91. The number of carbonyl (C=O) groups excluding carboxylic acids is 2. The molecule has 122 valence electrons. The number of sulfone groups is 1. The molecule has 6 nitrogen and oxygen atoms in total. The average molecular weight is 326 g/mol. The molecule has 1 saturated carbocycles. The van der Waals surface area contributed by atoms with Gasteiger partial charge in [-0.25, -0.2) is 8.42 Å². The standard InChI is InChI=1S/C15H22N2O4S/c1-17-13-5-3-2-4-11(13)12(15(17)19)8-14(18)16-10-6-7-22(20,21)9-10/h10,13H,2-9H2,1H3,(H,16,18). The molecule has 0 bridgehead atoms. The lowest BCUT2D eigenvalue weighted by atomic mass is 9.88. The van der Waals surface area contributed by atoms with E-state index >= 15 is 0 Å². The second kappa shape index (κ2) is 5.68.